The quantitative estimate of drug-likeness (QED) is 0.803. The number of hydrogen-bond acceptors (Lipinski definition) is 4. The van der Waals surface area contributed by atoms with E-state index < -0.39 is 0 Å². The zero-order valence-electron chi connectivity index (χ0n) is 9.96. The predicted molar refractivity (Wildman–Crippen MR) is 70.0 cm³/mol. The molecule has 0 spiro atoms. The minimum absolute atomic E-state index is 0.0137. The van der Waals surface area contributed by atoms with Crippen LogP contribution in [0.15, 0.2) is 41.8 Å². The smallest absolute Gasteiger partial charge is 0.233 e. The van der Waals surface area contributed by atoms with Crippen LogP contribution in [-0.4, -0.2) is 26.3 Å². The number of rotatable bonds is 5. The molecule has 1 heterocycles. The van der Waals surface area contributed by atoms with E-state index in [0.717, 1.165) is 5.56 Å². The number of aromatic amines is 1. The molecule has 1 aromatic carbocycles. The van der Waals surface area contributed by atoms with Crippen molar-refractivity contribution < 1.29 is 4.79 Å². The molecule has 2 rings (SSSR count). The first kappa shape index (κ1) is 12.6. The van der Waals surface area contributed by atoms with Crippen molar-refractivity contribution >= 4 is 17.7 Å². The summed E-state index contributed by atoms with van der Waals surface area (Å²) in [5.41, 5.74) is 1.09. The fraction of sp³-hybridized carbons (Fsp3) is 0.250. The number of hydrogen-bond donors (Lipinski definition) is 2. The number of amides is 1. The van der Waals surface area contributed by atoms with Gasteiger partial charge in [-0.2, -0.15) is 5.10 Å². The van der Waals surface area contributed by atoms with Crippen molar-refractivity contribution in [2.24, 2.45) is 0 Å². The first-order valence-electron chi connectivity index (χ1n) is 5.59. The van der Waals surface area contributed by atoms with Crippen molar-refractivity contribution in [3.05, 3.63) is 42.2 Å². The number of carbonyl (C=O) groups is 1. The molecular formula is C12H14N4OS. The summed E-state index contributed by atoms with van der Waals surface area (Å²) in [6.07, 6.45) is 1.43. The van der Waals surface area contributed by atoms with E-state index in [0.29, 0.717) is 11.7 Å². The summed E-state index contributed by atoms with van der Waals surface area (Å²) in [6, 6.07) is 9.82. The van der Waals surface area contributed by atoms with Crippen molar-refractivity contribution in [1.82, 2.24) is 20.5 Å². The van der Waals surface area contributed by atoms with Crippen molar-refractivity contribution in [2.75, 3.05) is 0 Å². The molecule has 0 aliphatic heterocycles. The molecule has 0 saturated carbocycles. The van der Waals surface area contributed by atoms with E-state index in [9.17, 15) is 4.79 Å². The van der Waals surface area contributed by atoms with E-state index >= 15 is 0 Å². The van der Waals surface area contributed by atoms with Crippen LogP contribution in [0, 0.1) is 0 Å². The Labute approximate surface area is 109 Å². The fourth-order valence-electron chi connectivity index (χ4n) is 1.40. The molecule has 2 aromatic rings. The monoisotopic (exact) mass is 262 g/mol. The molecule has 2 N–H and O–H groups in total. The van der Waals surface area contributed by atoms with Gasteiger partial charge in [-0.15, -0.1) is 0 Å². The molecule has 0 aliphatic carbocycles. The zero-order chi connectivity index (χ0) is 12.8. The molecule has 0 unspecified atom stereocenters. The van der Waals surface area contributed by atoms with Gasteiger partial charge >= 0.3 is 0 Å². The summed E-state index contributed by atoms with van der Waals surface area (Å²) in [4.78, 5) is 15.8. The number of thioether (sulfide) groups is 1. The molecule has 1 amide bonds. The summed E-state index contributed by atoms with van der Waals surface area (Å²) in [6.45, 7) is 2.38. The number of nitrogens with one attached hydrogen (secondary N) is 2. The van der Waals surface area contributed by atoms with Crippen LogP contribution in [0.1, 0.15) is 12.5 Å². The topological polar surface area (TPSA) is 70.7 Å². The Balaban J connectivity index is 1.81. The summed E-state index contributed by atoms with van der Waals surface area (Å²) in [5, 5.41) is 9.79. The van der Waals surface area contributed by atoms with E-state index in [2.05, 4.69) is 20.5 Å². The lowest BCUT2D eigenvalue weighted by atomic mass is 10.2. The normalized spacial score (nSPS) is 12.1. The molecule has 0 fully saturated rings. The molecule has 0 saturated heterocycles. The van der Waals surface area contributed by atoms with Gasteiger partial charge in [0.2, 0.25) is 5.91 Å². The molecular weight excluding hydrogens is 248 g/mol. The third kappa shape index (κ3) is 3.59. The lowest BCUT2D eigenvalue weighted by Crippen LogP contribution is -2.30. The highest BCUT2D eigenvalue weighted by Crippen LogP contribution is 2.17. The standard InChI is InChI=1S/C12H14N4OS/c1-9(18-12-14-8-15-16-12)11(17)13-7-10-5-3-2-4-6-10/h2-6,8-9H,7H2,1H3,(H,13,17)(H,14,15,16)/t9-/m0/s1. The SMILES string of the molecule is C[C@H](Sc1ncn[nH]1)C(=O)NCc1ccccc1. The molecule has 0 bridgehead atoms. The van der Waals surface area contributed by atoms with Crippen molar-refractivity contribution in [1.29, 1.82) is 0 Å². The Hall–Kier alpha value is -1.82. The Bertz CT molecular complexity index is 486. The van der Waals surface area contributed by atoms with Gasteiger partial charge in [-0.3, -0.25) is 9.89 Å². The molecule has 18 heavy (non-hydrogen) atoms. The van der Waals surface area contributed by atoms with Crippen LogP contribution in [0.4, 0.5) is 0 Å². The minimum Gasteiger partial charge on any atom is -0.351 e. The third-order valence-electron chi connectivity index (χ3n) is 2.36. The third-order valence-corrected chi connectivity index (χ3v) is 3.35. The lowest BCUT2D eigenvalue weighted by Gasteiger charge is -2.10. The summed E-state index contributed by atoms with van der Waals surface area (Å²) in [7, 11) is 0. The van der Waals surface area contributed by atoms with Gasteiger partial charge in [0.25, 0.3) is 0 Å². The van der Waals surface area contributed by atoms with Gasteiger partial charge < -0.3 is 5.32 Å². The predicted octanol–water partition coefficient (Wildman–Crippen LogP) is 1.60. The molecule has 6 heteroatoms. The number of benzene rings is 1. The maximum Gasteiger partial charge on any atom is 0.233 e. The van der Waals surface area contributed by atoms with Gasteiger partial charge in [0.15, 0.2) is 5.16 Å². The lowest BCUT2D eigenvalue weighted by molar-refractivity contribution is -0.120. The van der Waals surface area contributed by atoms with Crippen LogP contribution in [0.3, 0.4) is 0 Å². The van der Waals surface area contributed by atoms with E-state index in [4.69, 9.17) is 0 Å². The first-order valence-corrected chi connectivity index (χ1v) is 6.47. The van der Waals surface area contributed by atoms with Crippen LogP contribution in [0.25, 0.3) is 0 Å². The van der Waals surface area contributed by atoms with Crippen LogP contribution in [-0.2, 0) is 11.3 Å². The van der Waals surface area contributed by atoms with Gasteiger partial charge in [-0.25, -0.2) is 4.98 Å². The van der Waals surface area contributed by atoms with E-state index in [1.807, 2.05) is 37.3 Å². The minimum atomic E-state index is -0.207. The van der Waals surface area contributed by atoms with Crippen molar-refractivity contribution in [3.8, 4) is 0 Å². The summed E-state index contributed by atoms with van der Waals surface area (Å²) >= 11 is 1.35. The first-order chi connectivity index (χ1) is 8.75. The highest BCUT2D eigenvalue weighted by atomic mass is 32.2. The highest BCUT2D eigenvalue weighted by molar-refractivity contribution is 8.00. The molecule has 5 nitrogen and oxygen atoms in total. The molecule has 0 aliphatic rings. The van der Waals surface area contributed by atoms with Gasteiger partial charge in [0.05, 0.1) is 5.25 Å². The molecule has 1 aromatic heterocycles. The molecule has 94 valence electrons. The number of carbonyl (C=O) groups excluding carboxylic acids is 1. The van der Waals surface area contributed by atoms with Crippen LogP contribution in [0.5, 0.6) is 0 Å². The zero-order valence-corrected chi connectivity index (χ0v) is 10.8. The van der Waals surface area contributed by atoms with Gasteiger partial charge in [-0.1, -0.05) is 42.1 Å². The summed E-state index contributed by atoms with van der Waals surface area (Å²) < 4.78 is 0. The largest absolute Gasteiger partial charge is 0.351 e. The van der Waals surface area contributed by atoms with E-state index in [1.165, 1.54) is 18.1 Å². The van der Waals surface area contributed by atoms with Crippen LogP contribution in [0.2, 0.25) is 0 Å². The Morgan fingerprint density at radius 2 is 2.22 bits per heavy atom. The second-order valence-electron chi connectivity index (χ2n) is 3.75. The number of nitrogens with zero attached hydrogens (tertiary/aromatic N) is 2. The Kier molecular flexibility index (Phi) is 4.35. The average Bonchev–Trinajstić information content (AvgIpc) is 2.90. The fourth-order valence-corrected chi connectivity index (χ4v) is 2.14. The second-order valence-corrected chi connectivity index (χ2v) is 5.08. The van der Waals surface area contributed by atoms with Crippen LogP contribution >= 0.6 is 11.8 Å². The van der Waals surface area contributed by atoms with Crippen molar-refractivity contribution in [2.45, 2.75) is 23.9 Å². The number of aromatic nitrogens is 3. The maximum absolute atomic E-state index is 11.8. The highest BCUT2D eigenvalue weighted by Gasteiger charge is 2.15. The van der Waals surface area contributed by atoms with Gasteiger partial charge in [0, 0.05) is 6.54 Å². The van der Waals surface area contributed by atoms with Gasteiger partial charge in [0.1, 0.15) is 6.33 Å². The number of H-pyrrole nitrogens is 1. The Morgan fingerprint density at radius 3 is 2.89 bits per heavy atom. The van der Waals surface area contributed by atoms with E-state index in [1.54, 1.807) is 0 Å². The second kappa shape index (κ2) is 6.20. The Morgan fingerprint density at radius 1 is 1.44 bits per heavy atom. The van der Waals surface area contributed by atoms with Crippen LogP contribution < -0.4 is 5.32 Å². The van der Waals surface area contributed by atoms with Crippen molar-refractivity contribution in [3.63, 3.8) is 0 Å². The van der Waals surface area contributed by atoms with E-state index in [-0.39, 0.29) is 11.2 Å². The maximum atomic E-state index is 11.8. The molecule has 1 atom stereocenters. The summed E-state index contributed by atoms with van der Waals surface area (Å²) in [5.74, 6) is -0.0137. The van der Waals surface area contributed by atoms with Gasteiger partial charge in [-0.05, 0) is 12.5 Å². The average molecular weight is 262 g/mol. The molecule has 0 radical (unpaired) electrons.